The fourth-order valence-electron chi connectivity index (χ4n) is 1.03. The van der Waals surface area contributed by atoms with Gasteiger partial charge in [0.15, 0.2) is 0 Å². The summed E-state index contributed by atoms with van der Waals surface area (Å²) in [6, 6.07) is 0. The van der Waals surface area contributed by atoms with Gasteiger partial charge in [-0.1, -0.05) is 13.3 Å². The van der Waals surface area contributed by atoms with Crippen molar-refractivity contribution in [3.8, 4) is 0 Å². The number of unbranched alkanes of at least 4 members (excludes halogenated alkanes) is 1. The first kappa shape index (κ1) is 12.6. The number of hydrogen-bond donors (Lipinski definition) is 0. The molecular formula is C10H17ClO2. The van der Waals surface area contributed by atoms with Crippen LogP contribution in [-0.2, 0) is 9.59 Å². The fraction of sp³-hybridized carbons (Fsp3) is 0.800. The summed E-state index contributed by atoms with van der Waals surface area (Å²) in [7, 11) is 0. The van der Waals surface area contributed by atoms with Crippen LogP contribution in [0.3, 0.4) is 0 Å². The van der Waals surface area contributed by atoms with Crippen molar-refractivity contribution in [3.63, 3.8) is 0 Å². The van der Waals surface area contributed by atoms with Crippen LogP contribution < -0.4 is 0 Å². The molecule has 0 aromatic carbocycles. The number of alkyl halides is 1. The molecule has 0 saturated heterocycles. The minimum Gasteiger partial charge on any atom is -0.299 e. The van der Waals surface area contributed by atoms with Gasteiger partial charge in [-0.25, -0.2) is 0 Å². The molecule has 0 fully saturated rings. The first-order chi connectivity index (χ1) is 6.20. The second-order valence-electron chi connectivity index (χ2n) is 3.15. The summed E-state index contributed by atoms with van der Waals surface area (Å²) in [6.45, 7) is 2.03. The first-order valence-corrected chi connectivity index (χ1v) is 5.33. The first-order valence-electron chi connectivity index (χ1n) is 4.80. The van der Waals surface area contributed by atoms with E-state index >= 15 is 0 Å². The van der Waals surface area contributed by atoms with Crippen molar-refractivity contribution < 1.29 is 9.59 Å². The molecule has 2 nitrogen and oxygen atoms in total. The van der Waals surface area contributed by atoms with Gasteiger partial charge < -0.3 is 0 Å². The number of hydrogen-bond acceptors (Lipinski definition) is 2. The van der Waals surface area contributed by atoms with Crippen LogP contribution in [0.1, 0.15) is 45.4 Å². The minimum atomic E-state index is 0.0294. The van der Waals surface area contributed by atoms with E-state index in [2.05, 4.69) is 0 Å². The number of halogens is 1. The van der Waals surface area contributed by atoms with Crippen LogP contribution in [0, 0.1) is 0 Å². The van der Waals surface area contributed by atoms with Crippen LogP contribution in [0.5, 0.6) is 0 Å². The highest BCUT2D eigenvalue weighted by Gasteiger charge is 2.07. The average molecular weight is 205 g/mol. The molecule has 0 aromatic rings. The lowest BCUT2D eigenvalue weighted by molar-refractivity contribution is -0.127. The molecule has 0 spiro atoms. The van der Waals surface area contributed by atoms with Crippen molar-refractivity contribution >= 4 is 23.2 Å². The zero-order valence-electron chi connectivity index (χ0n) is 8.14. The van der Waals surface area contributed by atoms with Crippen LogP contribution in [-0.4, -0.2) is 17.4 Å². The van der Waals surface area contributed by atoms with E-state index in [0.29, 0.717) is 25.1 Å². The fourth-order valence-corrected chi connectivity index (χ4v) is 1.17. The Morgan fingerprint density at radius 1 is 1.08 bits per heavy atom. The third kappa shape index (κ3) is 7.97. The molecule has 0 radical (unpaired) electrons. The van der Waals surface area contributed by atoms with Crippen LogP contribution in [0.25, 0.3) is 0 Å². The van der Waals surface area contributed by atoms with Gasteiger partial charge in [0.2, 0.25) is 0 Å². The van der Waals surface area contributed by atoms with Crippen molar-refractivity contribution in [1.82, 2.24) is 0 Å². The van der Waals surface area contributed by atoms with Crippen molar-refractivity contribution in [2.24, 2.45) is 0 Å². The summed E-state index contributed by atoms with van der Waals surface area (Å²) in [5, 5.41) is 0. The molecule has 76 valence electrons. The minimum absolute atomic E-state index is 0.0294. The van der Waals surface area contributed by atoms with E-state index in [9.17, 15) is 9.59 Å². The quantitative estimate of drug-likeness (QED) is 0.450. The second-order valence-corrected chi connectivity index (χ2v) is 3.53. The summed E-state index contributed by atoms with van der Waals surface area (Å²) in [4.78, 5) is 22.2. The van der Waals surface area contributed by atoms with Gasteiger partial charge in [0.05, 0.1) is 6.42 Å². The van der Waals surface area contributed by atoms with Gasteiger partial charge in [0.25, 0.3) is 0 Å². The topological polar surface area (TPSA) is 34.1 Å². The molecule has 0 aliphatic heterocycles. The average Bonchev–Trinajstić information content (AvgIpc) is 2.11. The molecule has 0 aliphatic rings. The van der Waals surface area contributed by atoms with Gasteiger partial charge in [-0.3, -0.25) is 9.59 Å². The van der Waals surface area contributed by atoms with Gasteiger partial charge in [-0.05, 0) is 12.8 Å². The molecule has 0 bridgehead atoms. The molecular weight excluding hydrogens is 188 g/mol. The monoisotopic (exact) mass is 204 g/mol. The lowest BCUT2D eigenvalue weighted by Gasteiger charge is -1.98. The third-order valence-corrected chi connectivity index (χ3v) is 2.06. The SMILES string of the molecule is CCCCC(=O)CC(=O)CCCCl. The summed E-state index contributed by atoms with van der Waals surface area (Å²) in [5.41, 5.74) is 0. The van der Waals surface area contributed by atoms with Crippen molar-refractivity contribution in [1.29, 1.82) is 0 Å². The maximum atomic E-state index is 11.1. The van der Waals surface area contributed by atoms with Crippen LogP contribution in [0.2, 0.25) is 0 Å². The molecule has 0 amide bonds. The number of rotatable bonds is 8. The summed E-state index contributed by atoms with van der Waals surface area (Å²) in [5.74, 6) is 0.595. The number of Topliss-reactive ketones (excluding diaryl/α,β-unsaturated/α-hetero) is 2. The number of ketones is 2. The van der Waals surface area contributed by atoms with E-state index in [0.717, 1.165) is 12.8 Å². The Bertz CT molecular complexity index is 148. The molecule has 0 atom stereocenters. The highest BCUT2D eigenvalue weighted by Crippen LogP contribution is 2.02. The Balaban J connectivity index is 3.47. The second kappa shape index (κ2) is 8.24. The molecule has 13 heavy (non-hydrogen) atoms. The Morgan fingerprint density at radius 3 is 2.08 bits per heavy atom. The Labute approximate surface area is 84.7 Å². The van der Waals surface area contributed by atoms with Gasteiger partial charge >= 0.3 is 0 Å². The standard InChI is InChI=1S/C10H17ClO2/c1-2-3-5-9(12)8-10(13)6-4-7-11/h2-8H2,1H3. The molecule has 0 N–H and O–H groups in total. The number of carbonyl (C=O) groups excluding carboxylic acids is 2. The van der Waals surface area contributed by atoms with E-state index in [1.54, 1.807) is 0 Å². The summed E-state index contributed by atoms with van der Waals surface area (Å²) < 4.78 is 0. The normalized spacial score (nSPS) is 10.0. The van der Waals surface area contributed by atoms with Crippen LogP contribution in [0.15, 0.2) is 0 Å². The highest BCUT2D eigenvalue weighted by atomic mass is 35.5. The summed E-state index contributed by atoms with van der Waals surface area (Å²) in [6.07, 6.45) is 3.67. The third-order valence-electron chi connectivity index (χ3n) is 1.79. The van der Waals surface area contributed by atoms with Crippen molar-refractivity contribution in [3.05, 3.63) is 0 Å². The summed E-state index contributed by atoms with van der Waals surface area (Å²) >= 11 is 5.43. The van der Waals surface area contributed by atoms with E-state index < -0.39 is 0 Å². The Hall–Kier alpha value is -0.370. The molecule has 0 aromatic heterocycles. The van der Waals surface area contributed by atoms with E-state index in [1.165, 1.54) is 0 Å². The van der Waals surface area contributed by atoms with Gasteiger partial charge in [-0.2, -0.15) is 0 Å². The molecule has 3 heteroatoms. The predicted octanol–water partition coefficient (Wildman–Crippen LogP) is 2.72. The maximum absolute atomic E-state index is 11.1. The zero-order valence-corrected chi connectivity index (χ0v) is 8.90. The lowest BCUT2D eigenvalue weighted by Crippen LogP contribution is -2.07. The predicted molar refractivity (Wildman–Crippen MR) is 54.1 cm³/mol. The number of carbonyl (C=O) groups is 2. The zero-order chi connectivity index (χ0) is 10.1. The smallest absolute Gasteiger partial charge is 0.140 e. The Kier molecular flexibility index (Phi) is 8.00. The Morgan fingerprint density at radius 2 is 1.62 bits per heavy atom. The lowest BCUT2D eigenvalue weighted by atomic mass is 10.1. The van der Waals surface area contributed by atoms with Gasteiger partial charge in [0, 0.05) is 18.7 Å². The van der Waals surface area contributed by atoms with E-state index in [4.69, 9.17) is 11.6 Å². The van der Waals surface area contributed by atoms with Crippen molar-refractivity contribution in [2.75, 3.05) is 5.88 Å². The van der Waals surface area contributed by atoms with Crippen LogP contribution >= 0.6 is 11.6 Å². The van der Waals surface area contributed by atoms with Crippen molar-refractivity contribution in [2.45, 2.75) is 45.4 Å². The molecule has 0 unspecified atom stereocenters. The van der Waals surface area contributed by atoms with Gasteiger partial charge in [-0.15, -0.1) is 11.6 Å². The van der Waals surface area contributed by atoms with Crippen LogP contribution in [0.4, 0.5) is 0 Å². The largest absolute Gasteiger partial charge is 0.299 e. The highest BCUT2D eigenvalue weighted by molar-refractivity contribution is 6.18. The molecule has 0 saturated carbocycles. The molecule has 0 aliphatic carbocycles. The van der Waals surface area contributed by atoms with E-state index in [1.807, 2.05) is 6.92 Å². The van der Waals surface area contributed by atoms with E-state index in [-0.39, 0.29) is 18.0 Å². The maximum Gasteiger partial charge on any atom is 0.140 e. The molecule has 0 rings (SSSR count). The van der Waals surface area contributed by atoms with Gasteiger partial charge in [0.1, 0.15) is 11.6 Å². The molecule has 0 heterocycles.